The van der Waals surface area contributed by atoms with E-state index < -0.39 is 17.7 Å². The van der Waals surface area contributed by atoms with Gasteiger partial charge < -0.3 is 9.67 Å². The van der Waals surface area contributed by atoms with Gasteiger partial charge in [-0.05, 0) is 31.0 Å². The predicted octanol–water partition coefficient (Wildman–Crippen LogP) is 1.98. The third kappa shape index (κ3) is 2.86. The summed E-state index contributed by atoms with van der Waals surface area (Å²) in [6.07, 6.45) is 1.29. The Kier molecular flexibility index (Phi) is 3.61. The van der Waals surface area contributed by atoms with Crippen molar-refractivity contribution in [3.8, 4) is 0 Å². The lowest BCUT2D eigenvalue weighted by atomic mass is 10.1. The maximum Gasteiger partial charge on any atom is 0.147 e. The highest BCUT2D eigenvalue weighted by atomic mass is 19.1. The number of nitrogens with zero attached hydrogens (tertiary/aromatic N) is 4. The molecule has 0 saturated heterocycles. The molecule has 0 bridgehead atoms. The first kappa shape index (κ1) is 14.7. The molecule has 1 N–H and O–H groups in total. The van der Waals surface area contributed by atoms with Crippen molar-refractivity contribution >= 4 is 0 Å². The summed E-state index contributed by atoms with van der Waals surface area (Å²) in [5.41, 5.74) is -0.00397. The topological polar surface area (TPSA) is 54.2 Å². The molecular formula is C16H18F2N4O. The Morgan fingerprint density at radius 3 is 2.83 bits per heavy atom. The van der Waals surface area contributed by atoms with Crippen LogP contribution in [0.5, 0.6) is 0 Å². The van der Waals surface area contributed by atoms with Gasteiger partial charge in [0.15, 0.2) is 0 Å². The second kappa shape index (κ2) is 5.65. The Morgan fingerprint density at radius 1 is 1.22 bits per heavy atom. The quantitative estimate of drug-likeness (QED) is 0.936. The van der Waals surface area contributed by atoms with Crippen LogP contribution in [0.3, 0.4) is 0 Å². The van der Waals surface area contributed by atoms with Crippen LogP contribution >= 0.6 is 0 Å². The molecule has 1 fully saturated rings. The molecule has 0 unspecified atom stereocenters. The van der Waals surface area contributed by atoms with Gasteiger partial charge in [0.05, 0.1) is 12.6 Å². The third-order valence-corrected chi connectivity index (χ3v) is 4.55. The Bertz CT molecular complexity index is 729. The standard InChI is InChI=1S/C16H18F2N4O/c17-11-3-4-13(18)12(7-11)14(23)8-21-5-6-22-15(9-21)19-20-16(22)10-1-2-10/h3-4,7,10,14,23H,1-2,5-6,8-9H2/t14-/m1/s1. The molecule has 1 aliphatic heterocycles. The summed E-state index contributed by atoms with van der Waals surface area (Å²) in [6, 6.07) is 3.15. The average Bonchev–Trinajstić information content (AvgIpc) is 3.29. The van der Waals surface area contributed by atoms with E-state index in [1.165, 1.54) is 12.8 Å². The number of hydrogen-bond acceptors (Lipinski definition) is 4. The van der Waals surface area contributed by atoms with Gasteiger partial charge in [-0.3, -0.25) is 4.90 Å². The van der Waals surface area contributed by atoms with Crippen LogP contribution in [0.2, 0.25) is 0 Å². The molecule has 1 atom stereocenters. The lowest BCUT2D eigenvalue weighted by Gasteiger charge is -2.29. The van der Waals surface area contributed by atoms with Crippen LogP contribution in [0.1, 0.15) is 42.1 Å². The second-order valence-electron chi connectivity index (χ2n) is 6.32. The SMILES string of the molecule is O[C@H](CN1CCn2c(nnc2C2CC2)C1)c1cc(F)ccc1F. The highest BCUT2D eigenvalue weighted by Gasteiger charge is 2.32. The van der Waals surface area contributed by atoms with Crippen LogP contribution < -0.4 is 0 Å². The number of β-amino-alcohol motifs (C(OH)–C–C–N with tert-alkyl or cyclic N) is 1. The van der Waals surface area contributed by atoms with Crippen LogP contribution in [0, 0.1) is 11.6 Å². The second-order valence-corrected chi connectivity index (χ2v) is 6.32. The number of halogens is 2. The molecule has 122 valence electrons. The zero-order chi connectivity index (χ0) is 16.0. The van der Waals surface area contributed by atoms with Crippen molar-refractivity contribution in [2.45, 2.75) is 38.0 Å². The molecule has 23 heavy (non-hydrogen) atoms. The van der Waals surface area contributed by atoms with Gasteiger partial charge in [0.25, 0.3) is 0 Å². The van der Waals surface area contributed by atoms with Crippen molar-refractivity contribution in [2.24, 2.45) is 0 Å². The fraction of sp³-hybridized carbons (Fsp3) is 0.500. The van der Waals surface area contributed by atoms with E-state index in [1.54, 1.807) is 0 Å². The third-order valence-electron chi connectivity index (χ3n) is 4.55. The van der Waals surface area contributed by atoms with Crippen LogP contribution in [-0.4, -0.2) is 37.9 Å². The van der Waals surface area contributed by atoms with Gasteiger partial charge in [-0.15, -0.1) is 10.2 Å². The molecule has 2 heterocycles. The Hall–Kier alpha value is -1.86. The van der Waals surface area contributed by atoms with Crippen LogP contribution in [-0.2, 0) is 13.1 Å². The smallest absolute Gasteiger partial charge is 0.147 e. The maximum atomic E-state index is 13.7. The largest absolute Gasteiger partial charge is 0.387 e. The first-order chi connectivity index (χ1) is 11.1. The van der Waals surface area contributed by atoms with Gasteiger partial charge in [0.2, 0.25) is 0 Å². The number of fused-ring (bicyclic) bond motifs is 1. The van der Waals surface area contributed by atoms with Gasteiger partial charge in [-0.1, -0.05) is 0 Å². The number of aromatic nitrogens is 3. The van der Waals surface area contributed by atoms with E-state index in [-0.39, 0.29) is 12.1 Å². The van der Waals surface area contributed by atoms with Crippen LogP contribution in [0.25, 0.3) is 0 Å². The first-order valence-electron chi connectivity index (χ1n) is 7.89. The minimum Gasteiger partial charge on any atom is -0.387 e. The minimum absolute atomic E-state index is 0.00397. The lowest BCUT2D eigenvalue weighted by molar-refractivity contribution is 0.0931. The van der Waals surface area contributed by atoms with Gasteiger partial charge in [0, 0.05) is 31.1 Å². The Labute approximate surface area is 132 Å². The molecular weight excluding hydrogens is 302 g/mol. The van der Waals surface area contributed by atoms with E-state index in [0.29, 0.717) is 12.5 Å². The summed E-state index contributed by atoms with van der Waals surface area (Å²) in [5, 5.41) is 18.7. The minimum atomic E-state index is -1.07. The van der Waals surface area contributed by atoms with Crippen molar-refractivity contribution in [3.63, 3.8) is 0 Å². The van der Waals surface area contributed by atoms with Gasteiger partial charge in [0.1, 0.15) is 23.3 Å². The number of hydrogen-bond donors (Lipinski definition) is 1. The molecule has 0 amide bonds. The summed E-state index contributed by atoms with van der Waals surface area (Å²) < 4.78 is 29.2. The van der Waals surface area contributed by atoms with E-state index in [4.69, 9.17) is 0 Å². The average molecular weight is 320 g/mol. The van der Waals surface area contributed by atoms with Crippen molar-refractivity contribution in [2.75, 3.05) is 13.1 Å². The first-order valence-corrected chi connectivity index (χ1v) is 7.89. The molecule has 2 aromatic rings. The highest BCUT2D eigenvalue weighted by molar-refractivity contribution is 5.21. The van der Waals surface area contributed by atoms with E-state index in [2.05, 4.69) is 14.8 Å². The number of rotatable bonds is 4. The number of aliphatic hydroxyl groups is 1. The molecule has 0 radical (unpaired) electrons. The van der Waals surface area contributed by atoms with Gasteiger partial charge in [-0.25, -0.2) is 8.78 Å². The Balaban J connectivity index is 1.46. The molecule has 4 rings (SSSR count). The molecule has 7 heteroatoms. The predicted molar refractivity (Wildman–Crippen MR) is 78.6 cm³/mol. The zero-order valence-electron chi connectivity index (χ0n) is 12.6. The van der Waals surface area contributed by atoms with Crippen molar-refractivity contribution in [1.82, 2.24) is 19.7 Å². The molecule has 1 saturated carbocycles. The zero-order valence-corrected chi connectivity index (χ0v) is 12.6. The van der Waals surface area contributed by atoms with E-state index in [9.17, 15) is 13.9 Å². The van der Waals surface area contributed by atoms with Crippen molar-refractivity contribution in [1.29, 1.82) is 0 Å². The normalized spacial score (nSPS) is 19.6. The monoisotopic (exact) mass is 320 g/mol. The maximum absolute atomic E-state index is 13.7. The molecule has 2 aliphatic rings. The van der Waals surface area contributed by atoms with Gasteiger partial charge in [-0.2, -0.15) is 0 Å². The summed E-state index contributed by atoms with van der Waals surface area (Å²) in [4.78, 5) is 2.00. The molecule has 1 aromatic heterocycles. The van der Waals surface area contributed by atoms with Crippen LogP contribution in [0.4, 0.5) is 8.78 Å². The molecule has 1 aromatic carbocycles. The Morgan fingerprint density at radius 2 is 2.04 bits per heavy atom. The van der Waals surface area contributed by atoms with Crippen LogP contribution in [0.15, 0.2) is 18.2 Å². The molecule has 5 nitrogen and oxygen atoms in total. The van der Waals surface area contributed by atoms with Crippen molar-refractivity contribution < 1.29 is 13.9 Å². The molecule has 0 spiro atoms. The van der Waals surface area contributed by atoms with Gasteiger partial charge >= 0.3 is 0 Å². The van der Waals surface area contributed by atoms with E-state index >= 15 is 0 Å². The fourth-order valence-corrected chi connectivity index (χ4v) is 3.14. The summed E-state index contributed by atoms with van der Waals surface area (Å²) in [6.45, 7) is 2.31. The number of aliphatic hydroxyl groups excluding tert-OH is 1. The summed E-state index contributed by atoms with van der Waals surface area (Å²) in [7, 11) is 0. The fourth-order valence-electron chi connectivity index (χ4n) is 3.14. The highest BCUT2D eigenvalue weighted by Crippen LogP contribution is 2.39. The summed E-state index contributed by atoms with van der Waals surface area (Å²) >= 11 is 0. The lowest BCUT2D eigenvalue weighted by Crippen LogP contribution is -2.37. The van der Waals surface area contributed by atoms with Crippen molar-refractivity contribution in [3.05, 3.63) is 47.0 Å². The summed E-state index contributed by atoms with van der Waals surface area (Å²) in [5.74, 6) is 1.36. The van der Waals surface area contributed by atoms with E-state index in [1.807, 2.05) is 4.90 Å². The number of benzene rings is 1. The molecule has 1 aliphatic carbocycles. The van der Waals surface area contributed by atoms with E-state index in [0.717, 1.165) is 42.9 Å².